The Morgan fingerprint density at radius 3 is 1.13 bits per heavy atom. The number of hydrogen-bond donors (Lipinski definition) is 0. The molecule has 0 atom stereocenters. The fraction of sp³-hybridized carbons (Fsp3) is 0. The zero-order chi connectivity index (χ0) is 49.4. The Balaban J connectivity index is 0.863. The van der Waals surface area contributed by atoms with Crippen LogP contribution in [0.3, 0.4) is 0 Å². The highest BCUT2D eigenvalue weighted by atomic mass is 15.1. The molecule has 0 spiro atoms. The summed E-state index contributed by atoms with van der Waals surface area (Å²) < 4.78 is 2.27. The summed E-state index contributed by atoms with van der Waals surface area (Å²) in [6.07, 6.45) is 0. The molecule has 0 saturated carbocycles. The molecule has 0 fully saturated rings. The molecule has 15 aromatic rings. The van der Waals surface area contributed by atoms with E-state index in [4.69, 9.17) is 4.98 Å². The van der Waals surface area contributed by atoms with Crippen LogP contribution in [0.4, 0.5) is 0 Å². The minimum atomic E-state index is 0.927. The molecule has 2 heteroatoms. The topological polar surface area (TPSA) is 17.8 Å². The second-order valence-electron chi connectivity index (χ2n) is 19.8. The van der Waals surface area contributed by atoms with E-state index in [9.17, 15) is 0 Å². The molecule has 0 amide bonds. The molecule has 15 rings (SSSR count). The fourth-order valence-electron chi connectivity index (χ4n) is 12.1. The summed E-state index contributed by atoms with van der Waals surface area (Å²) >= 11 is 0. The number of imidazole rings is 1. The first-order chi connectivity index (χ1) is 37.2. The monoisotopic (exact) mass is 950 g/mol. The van der Waals surface area contributed by atoms with Gasteiger partial charge in [0.25, 0.3) is 0 Å². The highest BCUT2D eigenvalue weighted by Gasteiger charge is 2.21. The molecule has 0 N–H and O–H groups in total. The molecule has 1 aromatic heterocycles. The van der Waals surface area contributed by atoms with Crippen molar-refractivity contribution in [3.8, 4) is 72.7 Å². The van der Waals surface area contributed by atoms with Crippen LogP contribution in [0.1, 0.15) is 0 Å². The molecule has 0 aliphatic rings. The molecule has 2 nitrogen and oxygen atoms in total. The minimum absolute atomic E-state index is 0.927. The number of hydrogen-bond acceptors (Lipinski definition) is 1. The van der Waals surface area contributed by atoms with Crippen molar-refractivity contribution < 1.29 is 0 Å². The van der Waals surface area contributed by atoms with E-state index in [0.717, 1.165) is 28.1 Å². The Labute approximate surface area is 434 Å². The first-order valence-corrected chi connectivity index (χ1v) is 25.8. The van der Waals surface area contributed by atoms with E-state index < -0.39 is 0 Å². The summed E-state index contributed by atoms with van der Waals surface area (Å²) in [5, 5.41) is 14.9. The van der Waals surface area contributed by atoms with E-state index in [2.05, 4.69) is 284 Å². The van der Waals surface area contributed by atoms with Gasteiger partial charge in [0, 0.05) is 11.3 Å². The lowest BCUT2D eigenvalue weighted by atomic mass is 9.84. The Bertz CT molecular complexity index is 4680. The lowest BCUT2D eigenvalue weighted by Gasteiger charge is -2.20. The summed E-state index contributed by atoms with van der Waals surface area (Å²) in [6, 6.07) is 102. The number of nitrogens with zero attached hydrogens (tertiary/aromatic N) is 2. The minimum Gasteiger partial charge on any atom is -0.292 e. The van der Waals surface area contributed by atoms with E-state index in [1.807, 2.05) is 0 Å². The first kappa shape index (κ1) is 42.8. The lowest BCUT2D eigenvalue weighted by molar-refractivity contribution is 1.10. The average molecular weight is 951 g/mol. The molecule has 0 saturated heterocycles. The molecule has 0 bridgehead atoms. The first-order valence-electron chi connectivity index (χ1n) is 25.8. The van der Waals surface area contributed by atoms with Crippen molar-refractivity contribution in [3.63, 3.8) is 0 Å². The largest absolute Gasteiger partial charge is 0.292 e. The Morgan fingerprint density at radius 2 is 0.600 bits per heavy atom. The van der Waals surface area contributed by atoms with Crippen molar-refractivity contribution in [1.29, 1.82) is 0 Å². The van der Waals surface area contributed by atoms with Gasteiger partial charge >= 0.3 is 0 Å². The van der Waals surface area contributed by atoms with Crippen LogP contribution < -0.4 is 0 Å². The van der Waals surface area contributed by atoms with Crippen molar-refractivity contribution in [3.05, 3.63) is 279 Å². The number of benzene rings is 14. The molecule has 14 aromatic carbocycles. The molecule has 0 aliphatic carbocycles. The van der Waals surface area contributed by atoms with Crippen LogP contribution in [0.25, 0.3) is 148 Å². The summed E-state index contributed by atoms with van der Waals surface area (Å²) in [6.45, 7) is 0. The Morgan fingerprint density at radius 1 is 0.227 bits per heavy atom. The molecule has 1 heterocycles. The molecule has 75 heavy (non-hydrogen) atoms. The van der Waals surface area contributed by atoms with Crippen LogP contribution in [0, 0.1) is 0 Å². The van der Waals surface area contributed by atoms with Crippen LogP contribution in [-0.4, -0.2) is 9.55 Å². The maximum atomic E-state index is 5.17. The van der Waals surface area contributed by atoms with Crippen LogP contribution in [0.15, 0.2) is 279 Å². The van der Waals surface area contributed by atoms with Gasteiger partial charge in [-0.05, 0) is 163 Å². The molecular weight excluding hydrogens is 905 g/mol. The summed E-state index contributed by atoms with van der Waals surface area (Å²) in [4.78, 5) is 5.17. The van der Waals surface area contributed by atoms with Gasteiger partial charge < -0.3 is 0 Å². The van der Waals surface area contributed by atoms with Crippen molar-refractivity contribution >= 4 is 75.7 Å². The summed E-state index contributed by atoms with van der Waals surface area (Å²) in [5.41, 5.74) is 16.4. The van der Waals surface area contributed by atoms with Crippen molar-refractivity contribution in [2.45, 2.75) is 0 Å². The third-order valence-corrected chi connectivity index (χ3v) is 15.5. The standard InChI is InChI=1S/C73H46N2/c1-2-20-58(21-3-1)75-68-29-15-14-28-67(68)74-73(75)52-38-36-51(37-39-52)70-61-24-10-8-22-59(61)69(60-23-9-11-25-62(60)70)50-34-30-49(31-35-50)55-42-43-65-66(46-55)72(57-41-33-48-17-5-7-19-54(48)45-57)64-27-13-12-26-63(64)71(65)56-40-32-47-16-4-6-18-53(47)44-56/h1-46H. The van der Waals surface area contributed by atoms with Gasteiger partial charge in [0.05, 0.1) is 11.0 Å². The quantitative estimate of drug-likeness (QED) is 0.146. The van der Waals surface area contributed by atoms with E-state index in [0.29, 0.717) is 0 Å². The Hall–Kier alpha value is -9.89. The smallest absolute Gasteiger partial charge is 0.145 e. The van der Waals surface area contributed by atoms with E-state index in [-0.39, 0.29) is 0 Å². The maximum Gasteiger partial charge on any atom is 0.145 e. The number of fused-ring (bicyclic) bond motifs is 7. The van der Waals surface area contributed by atoms with Gasteiger partial charge in [-0.15, -0.1) is 0 Å². The van der Waals surface area contributed by atoms with Gasteiger partial charge in [-0.2, -0.15) is 0 Å². The van der Waals surface area contributed by atoms with Crippen molar-refractivity contribution in [2.75, 3.05) is 0 Å². The lowest BCUT2D eigenvalue weighted by Crippen LogP contribution is -1.97. The van der Waals surface area contributed by atoms with Crippen molar-refractivity contribution in [2.24, 2.45) is 0 Å². The van der Waals surface area contributed by atoms with Crippen LogP contribution >= 0.6 is 0 Å². The molecule has 0 aliphatic heterocycles. The van der Waals surface area contributed by atoms with Gasteiger partial charge in [0.15, 0.2) is 0 Å². The zero-order valence-electron chi connectivity index (χ0n) is 41.0. The van der Waals surface area contributed by atoms with Crippen molar-refractivity contribution in [1.82, 2.24) is 9.55 Å². The summed E-state index contributed by atoms with van der Waals surface area (Å²) in [7, 11) is 0. The number of aromatic nitrogens is 2. The zero-order valence-corrected chi connectivity index (χ0v) is 41.0. The van der Waals surface area contributed by atoms with E-state index in [1.165, 1.54) is 120 Å². The van der Waals surface area contributed by atoms with Gasteiger partial charge in [0.2, 0.25) is 0 Å². The van der Waals surface area contributed by atoms with Crippen LogP contribution in [-0.2, 0) is 0 Å². The number of rotatable bonds is 7. The summed E-state index contributed by atoms with van der Waals surface area (Å²) in [5.74, 6) is 0.927. The Kier molecular flexibility index (Phi) is 9.93. The average Bonchev–Trinajstić information content (AvgIpc) is 3.88. The molecule has 348 valence electrons. The SMILES string of the molecule is c1ccc(-n2c(-c3ccc(-c4c5ccccc5c(-c5ccc(-c6ccc7c(-c8ccc9ccccc9c8)c8ccccc8c(-c8ccc9ccccc9c8)c7c6)cc5)c5ccccc45)cc3)nc3ccccc32)cc1. The van der Waals surface area contributed by atoms with E-state index in [1.54, 1.807) is 0 Å². The molecule has 0 radical (unpaired) electrons. The second-order valence-corrected chi connectivity index (χ2v) is 19.8. The maximum absolute atomic E-state index is 5.17. The predicted octanol–water partition coefficient (Wildman–Crippen LogP) is 19.9. The van der Waals surface area contributed by atoms with E-state index >= 15 is 0 Å². The predicted molar refractivity (Wildman–Crippen MR) is 319 cm³/mol. The van der Waals surface area contributed by atoms with Gasteiger partial charge in [0.1, 0.15) is 5.82 Å². The second kappa shape index (κ2) is 17.4. The van der Waals surface area contributed by atoms with Gasteiger partial charge in [-0.3, -0.25) is 4.57 Å². The highest BCUT2D eigenvalue weighted by molar-refractivity contribution is 6.24. The molecule has 0 unspecified atom stereocenters. The van der Waals surface area contributed by atoms with Gasteiger partial charge in [-0.25, -0.2) is 4.98 Å². The number of para-hydroxylation sites is 3. The highest BCUT2D eigenvalue weighted by Crippen LogP contribution is 2.48. The fourth-order valence-corrected chi connectivity index (χ4v) is 12.1. The normalized spacial score (nSPS) is 11.7. The molecular formula is C73H46N2. The van der Waals surface area contributed by atoms with Gasteiger partial charge in [-0.1, -0.05) is 237 Å². The van der Waals surface area contributed by atoms with Crippen LogP contribution in [0.2, 0.25) is 0 Å². The third kappa shape index (κ3) is 7.06. The van der Waals surface area contributed by atoms with Crippen LogP contribution in [0.5, 0.6) is 0 Å². The third-order valence-electron chi connectivity index (χ3n) is 15.5.